The van der Waals surface area contributed by atoms with Gasteiger partial charge in [-0.05, 0) is 0 Å². The molecule has 20 heavy (non-hydrogen) atoms. The van der Waals surface area contributed by atoms with Gasteiger partial charge in [0.2, 0.25) is 0 Å². The molecule has 0 aromatic rings. The predicted octanol–water partition coefficient (Wildman–Crippen LogP) is 2.03. The number of hydrogen-bond donors (Lipinski definition) is 2. The van der Waals surface area contributed by atoms with E-state index in [-0.39, 0.29) is 0 Å². The van der Waals surface area contributed by atoms with Crippen LogP contribution in [0, 0.1) is 0 Å². The van der Waals surface area contributed by atoms with Gasteiger partial charge in [0.1, 0.15) is 0 Å². The molecule has 0 amide bonds. The topological polar surface area (TPSA) is 49.7 Å². The van der Waals surface area contributed by atoms with Gasteiger partial charge in [-0.2, -0.15) is 48.3 Å². The monoisotopic (exact) mass is 330 g/mol. The van der Waals surface area contributed by atoms with Crippen LogP contribution in [0.1, 0.15) is 0 Å². The molecule has 0 aliphatic heterocycles. The third-order valence-corrected chi connectivity index (χ3v) is 1.76. The summed E-state index contributed by atoms with van der Waals surface area (Å²) in [5, 5.41) is 15.5. The van der Waals surface area contributed by atoms with E-state index in [1.54, 1.807) is 0 Å². The number of hydrogen-bond acceptors (Lipinski definition) is 3. The van der Waals surface area contributed by atoms with E-state index in [9.17, 15) is 48.3 Å². The van der Waals surface area contributed by atoms with Crippen LogP contribution in [-0.4, -0.2) is 47.4 Å². The molecule has 3 nitrogen and oxygen atoms in total. The van der Waals surface area contributed by atoms with E-state index >= 15 is 0 Å². The normalized spacial score (nSPS) is 15.4. The Kier molecular flexibility index (Phi) is 4.67. The molecule has 0 rings (SSSR count). The van der Waals surface area contributed by atoms with Crippen molar-refractivity contribution in [2.75, 3.05) is 0 Å². The molecule has 0 bridgehead atoms. The molecule has 0 atom stereocenters. The van der Waals surface area contributed by atoms with Crippen LogP contribution in [0.15, 0.2) is 0 Å². The fourth-order valence-corrected chi connectivity index (χ4v) is 0.764. The lowest BCUT2D eigenvalue weighted by molar-refractivity contribution is -0.447. The second-order valence-electron chi connectivity index (χ2n) is 3.18. The summed E-state index contributed by atoms with van der Waals surface area (Å²) in [6.45, 7) is 0. The van der Waals surface area contributed by atoms with E-state index < -0.39 is 37.4 Å². The fraction of sp³-hybridized carbons (Fsp3) is 1.00. The van der Waals surface area contributed by atoms with Crippen molar-refractivity contribution in [2.45, 2.75) is 30.1 Å². The van der Waals surface area contributed by atoms with Crippen LogP contribution < -0.4 is 0 Å². The molecular weight excluding hydrogens is 328 g/mol. The maximum atomic E-state index is 12.5. The standard InChI is InChI=1S/C5H2BF11O3/c7-1(8,2(9,10)4(13,14)15)3(11,12)5(16,17)20-6(18)19/h18-19H. The Balaban J connectivity index is 5.80. The molecule has 0 radical (unpaired) electrons. The quantitative estimate of drug-likeness (QED) is 0.599. The largest absolute Gasteiger partial charge is 0.638 e. The zero-order chi connectivity index (χ0) is 16.8. The summed E-state index contributed by atoms with van der Waals surface area (Å²) in [6.07, 6.45) is -14.0. The van der Waals surface area contributed by atoms with Gasteiger partial charge in [-0.1, -0.05) is 0 Å². The third-order valence-electron chi connectivity index (χ3n) is 1.76. The van der Waals surface area contributed by atoms with E-state index in [1.807, 2.05) is 0 Å². The third kappa shape index (κ3) is 2.78. The Labute approximate surface area is 102 Å². The molecule has 0 saturated carbocycles. The molecule has 0 aliphatic rings. The van der Waals surface area contributed by atoms with Crippen LogP contribution in [0.2, 0.25) is 0 Å². The minimum absolute atomic E-state index is 2.14. The first kappa shape index (κ1) is 19.2. The first-order valence-corrected chi connectivity index (χ1v) is 4.04. The average molecular weight is 330 g/mol. The summed E-state index contributed by atoms with van der Waals surface area (Å²) in [7, 11) is -3.84. The molecule has 15 heteroatoms. The van der Waals surface area contributed by atoms with Crippen molar-refractivity contribution in [1.29, 1.82) is 0 Å². The molecule has 0 aromatic heterocycles. The van der Waals surface area contributed by atoms with Crippen molar-refractivity contribution < 1.29 is 63.0 Å². The highest BCUT2D eigenvalue weighted by Gasteiger charge is 2.88. The zero-order valence-corrected chi connectivity index (χ0v) is 8.54. The first-order chi connectivity index (χ1) is 8.42. The predicted molar refractivity (Wildman–Crippen MR) is 37.1 cm³/mol. The van der Waals surface area contributed by atoms with Crippen LogP contribution in [0.5, 0.6) is 0 Å². The minimum Gasteiger partial charge on any atom is -0.402 e. The van der Waals surface area contributed by atoms with Crippen molar-refractivity contribution in [2.24, 2.45) is 0 Å². The van der Waals surface area contributed by atoms with Crippen molar-refractivity contribution in [1.82, 2.24) is 0 Å². The molecular formula is C5H2BF11O3. The van der Waals surface area contributed by atoms with Crippen LogP contribution in [0.3, 0.4) is 0 Å². The number of rotatable bonds is 5. The van der Waals surface area contributed by atoms with E-state index in [1.165, 1.54) is 0 Å². The van der Waals surface area contributed by atoms with Gasteiger partial charge in [-0.3, -0.25) is 0 Å². The van der Waals surface area contributed by atoms with Crippen LogP contribution in [0.25, 0.3) is 0 Å². The van der Waals surface area contributed by atoms with E-state index in [4.69, 9.17) is 10.0 Å². The molecule has 0 aliphatic carbocycles. The molecule has 0 unspecified atom stereocenters. The molecule has 120 valence electrons. The van der Waals surface area contributed by atoms with Gasteiger partial charge in [-0.25, -0.2) is 0 Å². The van der Waals surface area contributed by atoms with Crippen molar-refractivity contribution >= 4 is 7.32 Å². The summed E-state index contributed by atoms with van der Waals surface area (Å²) < 4.78 is 136. The lowest BCUT2D eigenvalue weighted by Crippen LogP contribution is -2.67. The van der Waals surface area contributed by atoms with Crippen LogP contribution in [-0.2, 0) is 4.65 Å². The Bertz CT molecular complexity index is 350. The highest BCUT2D eigenvalue weighted by atomic mass is 19.4. The smallest absolute Gasteiger partial charge is 0.402 e. The maximum Gasteiger partial charge on any atom is 0.638 e. The summed E-state index contributed by atoms with van der Waals surface area (Å²) >= 11 is 0. The van der Waals surface area contributed by atoms with Crippen LogP contribution >= 0.6 is 0 Å². The van der Waals surface area contributed by atoms with Gasteiger partial charge in [0.15, 0.2) is 0 Å². The maximum absolute atomic E-state index is 12.5. The minimum atomic E-state index is -7.64. The molecule has 0 fully saturated rings. The molecule has 0 spiro atoms. The second kappa shape index (κ2) is 4.87. The van der Waals surface area contributed by atoms with Crippen molar-refractivity contribution in [3.05, 3.63) is 0 Å². The van der Waals surface area contributed by atoms with Crippen LogP contribution in [0.4, 0.5) is 48.3 Å². The highest BCUT2D eigenvalue weighted by Crippen LogP contribution is 2.57. The van der Waals surface area contributed by atoms with Gasteiger partial charge in [-0.15, -0.1) is 0 Å². The van der Waals surface area contributed by atoms with E-state index in [2.05, 4.69) is 4.65 Å². The first-order valence-electron chi connectivity index (χ1n) is 4.04. The second-order valence-corrected chi connectivity index (χ2v) is 3.18. The van der Waals surface area contributed by atoms with E-state index in [0.717, 1.165) is 0 Å². The van der Waals surface area contributed by atoms with Gasteiger partial charge >= 0.3 is 37.4 Å². The van der Waals surface area contributed by atoms with E-state index in [0.29, 0.717) is 0 Å². The SMILES string of the molecule is OB(O)OC(F)(F)C(F)(F)C(F)(F)C(F)(F)C(F)(F)F. The summed E-state index contributed by atoms with van der Waals surface area (Å²) in [4.78, 5) is 0. The lowest BCUT2D eigenvalue weighted by Gasteiger charge is -2.36. The fourth-order valence-electron chi connectivity index (χ4n) is 0.764. The average Bonchev–Trinajstić information content (AvgIpc) is 2.12. The number of alkyl halides is 11. The summed E-state index contributed by atoms with van der Waals surface area (Å²) in [5.74, 6) is -22.6. The number of halogens is 11. The Morgan fingerprint density at radius 2 is 0.950 bits per heavy atom. The summed E-state index contributed by atoms with van der Waals surface area (Å²) in [5.41, 5.74) is 0. The Morgan fingerprint density at radius 1 is 0.600 bits per heavy atom. The van der Waals surface area contributed by atoms with Gasteiger partial charge < -0.3 is 14.7 Å². The summed E-state index contributed by atoms with van der Waals surface area (Å²) in [6, 6.07) is 0. The van der Waals surface area contributed by atoms with Gasteiger partial charge in [0.05, 0.1) is 0 Å². The Morgan fingerprint density at radius 3 is 1.20 bits per heavy atom. The van der Waals surface area contributed by atoms with Gasteiger partial charge in [0, 0.05) is 0 Å². The lowest BCUT2D eigenvalue weighted by atomic mass is 10.0. The molecule has 2 N–H and O–H groups in total. The zero-order valence-electron chi connectivity index (χ0n) is 8.54. The van der Waals surface area contributed by atoms with Gasteiger partial charge in [0.25, 0.3) is 0 Å². The highest BCUT2D eigenvalue weighted by molar-refractivity contribution is 6.32. The molecule has 0 saturated heterocycles. The van der Waals surface area contributed by atoms with Crippen molar-refractivity contribution in [3.8, 4) is 0 Å². The molecule has 0 heterocycles. The van der Waals surface area contributed by atoms with Crippen molar-refractivity contribution in [3.63, 3.8) is 0 Å². The Hall–Kier alpha value is -0.825. The molecule has 0 aromatic carbocycles.